The first kappa shape index (κ1) is 16.3. The van der Waals surface area contributed by atoms with E-state index in [1.54, 1.807) is 0 Å². The summed E-state index contributed by atoms with van der Waals surface area (Å²) in [6, 6.07) is 0.714. The van der Waals surface area contributed by atoms with Crippen LogP contribution in [-0.2, 0) is 4.74 Å². The first-order valence-electron chi connectivity index (χ1n) is 8.59. The van der Waals surface area contributed by atoms with Crippen LogP contribution in [0.4, 0.5) is 0 Å². The van der Waals surface area contributed by atoms with Gasteiger partial charge in [-0.2, -0.15) is 0 Å². The van der Waals surface area contributed by atoms with Crippen molar-refractivity contribution in [3.8, 4) is 0 Å². The maximum Gasteiger partial charge on any atom is 0.0546 e. The summed E-state index contributed by atoms with van der Waals surface area (Å²) < 4.78 is 5.85. The van der Waals surface area contributed by atoms with Crippen LogP contribution >= 0.6 is 0 Å². The number of nitrogens with zero attached hydrogens (tertiary/aromatic N) is 1. The van der Waals surface area contributed by atoms with Crippen LogP contribution in [0.3, 0.4) is 0 Å². The lowest BCUT2D eigenvalue weighted by atomic mass is 9.79. The molecule has 0 amide bonds. The molecule has 0 radical (unpaired) electrons. The highest BCUT2D eigenvalue weighted by molar-refractivity contribution is 4.91. The lowest BCUT2D eigenvalue weighted by molar-refractivity contribution is -0.0466. The van der Waals surface area contributed by atoms with Crippen LogP contribution in [0.5, 0.6) is 0 Å². The minimum Gasteiger partial charge on any atom is -0.381 e. The molecule has 118 valence electrons. The highest BCUT2D eigenvalue weighted by atomic mass is 16.5. The Labute approximate surface area is 125 Å². The van der Waals surface area contributed by atoms with Crippen molar-refractivity contribution in [1.29, 1.82) is 0 Å². The van der Waals surface area contributed by atoms with E-state index in [0.717, 1.165) is 38.1 Å². The topological polar surface area (TPSA) is 24.5 Å². The maximum atomic E-state index is 5.85. The van der Waals surface area contributed by atoms with Crippen molar-refractivity contribution in [2.24, 2.45) is 17.3 Å². The fraction of sp³-hybridized carbons (Fsp3) is 1.00. The van der Waals surface area contributed by atoms with Crippen LogP contribution < -0.4 is 5.32 Å². The molecule has 2 aliphatic heterocycles. The van der Waals surface area contributed by atoms with Crippen LogP contribution in [-0.4, -0.2) is 50.3 Å². The summed E-state index contributed by atoms with van der Waals surface area (Å²) in [6.07, 6.45) is 3.92. The van der Waals surface area contributed by atoms with Crippen molar-refractivity contribution in [1.82, 2.24) is 10.2 Å². The van der Waals surface area contributed by atoms with Gasteiger partial charge in [0.25, 0.3) is 0 Å². The molecule has 3 heteroatoms. The predicted octanol–water partition coefficient (Wildman–Crippen LogP) is 2.76. The van der Waals surface area contributed by atoms with Crippen LogP contribution in [0.2, 0.25) is 0 Å². The molecule has 0 aromatic heterocycles. The summed E-state index contributed by atoms with van der Waals surface area (Å²) in [7, 11) is 0. The zero-order valence-corrected chi connectivity index (χ0v) is 14.0. The molecular weight excluding hydrogens is 248 g/mol. The van der Waals surface area contributed by atoms with E-state index in [2.05, 4.69) is 37.9 Å². The third-order valence-corrected chi connectivity index (χ3v) is 5.41. The summed E-state index contributed by atoms with van der Waals surface area (Å²) in [4.78, 5) is 2.74. The standard InChI is InChI=1S/C17H34N2O/c1-5-18-11-17(7-6-8-20-13-17)12-19-10-14(2)9-15(3)16(19)4/h14-16,18H,5-13H2,1-4H3. The van der Waals surface area contributed by atoms with Crippen molar-refractivity contribution in [3.05, 3.63) is 0 Å². The first-order chi connectivity index (χ1) is 9.56. The van der Waals surface area contributed by atoms with Gasteiger partial charge in [0.15, 0.2) is 0 Å². The fourth-order valence-corrected chi connectivity index (χ4v) is 4.09. The SMILES string of the molecule is CCNCC1(CN2CC(C)CC(C)C2C)CCCOC1. The number of piperidine rings is 1. The van der Waals surface area contributed by atoms with E-state index in [4.69, 9.17) is 4.74 Å². The molecule has 0 aromatic carbocycles. The van der Waals surface area contributed by atoms with E-state index in [0.29, 0.717) is 11.5 Å². The second kappa shape index (κ2) is 7.24. The van der Waals surface area contributed by atoms with Crippen molar-refractivity contribution >= 4 is 0 Å². The van der Waals surface area contributed by atoms with Gasteiger partial charge in [-0.15, -0.1) is 0 Å². The third kappa shape index (κ3) is 3.96. The van der Waals surface area contributed by atoms with E-state index in [1.165, 1.54) is 32.4 Å². The largest absolute Gasteiger partial charge is 0.381 e. The van der Waals surface area contributed by atoms with Gasteiger partial charge in [-0.3, -0.25) is 4.90 Å². The van der Waals surface area contributed by atoms with Gasteiger partial charge >= 0.3 is 0 Å². The lowest BCUT2D eigenvalue weighted by Crippen LogP contribution is -2.54. The van der Waals surface area contributed by atoms with Gasteiger partial charge < -0.3 is 10.1 Å². The smallest absolute Gasteiger partial charge is 0.0546 e. The normalized spacial score (nSPS) is 39.9. The quantitative estimate of drug-likeness (QED) is 0.839. The van der Waals surface area contributed by atoms with Gasteiger partial charge in [0.2, 0.25) is 0 Å². The summed E-state index contributed by atoms with van der Waals surface area (Å²) >= 11 is 0. The van der Waals surface area contributed by atoms with E-state index in [1.807, 2.05) is 0 Å². The highest BCUT2D eigenvalue weighted by Gasteiger charge is 2.38. The van der Waals surface area contributed by atoms with E-state index < -0.39 is 0 Å². The van der Waals surface area contributed by atoms with E-state index >= 15 is 0 Å². The number of ether oxygens (including phenoxy) is 1. The van der Waals surface area contributed by atoms with Crippen molar-refractivity contribution in [3.63, 3.8) is 0 Å². The van der Waals surface area contributed by atoms with Crippen LogP contribution in [0.15, 0.2) is 0 Å². The Morgan fingerprint density at radius 2 is 2.10 bits per heavy atom. The number of rotatable bonds is 5. The molecule has 2 rings (SSSR count). The van der Waals surface area contributed by atoms with Gasteiger partial charge in [-0.1, -0.05) is 20.8 Å². The average Bonchev–Trinajstić information content (AvgIpc) is 2.43. The van der Waals surface area contributed by atoms with Crippen LogP contribution in [0.1, 0.15) is 47.0 Å². The summed E-state index contributed by atoms with van der Waals surface area (Å²) in [5.41, 5.74) is 0.333. The number of hydrogen-bond acceptors (Lipinski definition) is 3. The van der Waals surface area contributed by atoms with Crippen molar-refractivity contribution < 1.29 is 4.74 Å². The Balaban J connectivity index is 2.02. The molecule has 0 saturated carbocycles. The second-order valence-electron chi connectivity index (χ2n) is 7.42. The van der Waals surface area contributed by atoms with Gasteiger partial charge in [0, 0.05) is 37.7 Å². The summed E-state index contributed by atoms with van der Waals surface area (Å²) in [5.74, 6) is 1.65. The molecule has 2 fully saturated rings. The molecule has 0 aliphatic carbocycles. The molecule has 4 atom stereocenters. The average molecular weight is 282 g/mol. The summed E-state index contributed by atoms with van der Waals surface area (Å²) in [5, 5.41) is 3.58. The lowest BCUT2D eigenvalue weighted by Gasteiger charge is -2.47. The fourth-order valence-electron chi connectivity index (χ4n) is 4.09. The van der Waals surface area contributed by atoms with Crippen LogP contribution in [0.25, 0.3) is 0 Å². The maximum absolute atomic E-state index is 5.85. The molecule has 3 nitrogen and oxygen atoms in total. The Morgan fingerprint density at radius 1 is 1.30 bits per heavy atom. The highest BCUT2D eigenvalue weighted by Crippen LogP contribution is 2.34. The zero-order valence-electron chi connectivity index (χ0n) is 14.0. The van der Waals surface area contributed by atoms with Crippen molar-refractivity contribution in [2.75, 3.05) is 39.4 Å². The van der Waals surface area contributed by atoms with Gasteiger partial charge in [-0.05, 0) is 44.6 Å². The third-order valence-electron chi connectivity index (χ3n) is 5.41. The molecule has 2 heterocycles. The minimum atomic E-state index is 0.333. The molecule has 20 heavy (non-hydrogen) atoms. The van der Waals surface area contributed by atoms with Crippen molar-refractivity contribution in [2.45, 2.75) is 53.0 Å². The van der Waals surface area contributed by atoms with E-state index in [-0.39, 0.29) is 0 Å². The molecule has 2 aliphatic rings. The molecule has 4 unspecified atom stereocenters. The Hall–Kier alpha value is -0.120. The van der Waals surface area contributed by atoms with Gasteiger partial charge in [0.05, 0.1) is 6.61 Å². The molecular formula is C17H34N2O. The molecule has 1 N–H and O–H groups in total. The predicted molar refractivity (Wildman–Crippen MR) is 85.0 cm³/mol. The first-order valence-corrected chi connectivity index (χ1v) is 8.59. The molecule has 0 spiro atoms. The summed E-state index contributed by atoms with van der Waals surface area (Å²) in [6.45, 7) is 16.0. The van der Waals surface area contributed by atoms with Crippen LogP contribution in [0, 0.1) is 17.3 Å². The molecule has 2 saturated heterocycles. The number of likely N-dealkylation sites (tertiary alicyclic amines) is 1. The van der Waals surface area contributed by atoms with E-state index in [9.17, 15) is 0 Å². The molecule has 0 aromatic rings. The number of nitrogens with one attached hydrogen (secondary N) is 1. The Morgan fingerprint density at radius 3 is 2.75 bits per heavy atom. The zero-order chi connectivity index (χ0) is 14.6. The Bertz CT molecular complexity index is 289. The minimum absolute atomic E-state index is 0.333. The monoisotopic (exact) mass is 282 g/mol. The van der Waals surface area contributed by atoms with Gasteiger partial charge in [0.1, 0.15) is 0 Å². The van der Waals surface area contributed by atoms with Gasteiger partial charge in [-0.25, -0.2) is 0 Å². The molecule has 0 bridgehead atoms. The number of hydrogen-bond donors (Lipinski definition) is 1. The Kier molecular flexibility index (Phi) is 5.88. The second-order valence-corrected chi connectivity index (χ2v) is 7.42.